The number of carbonyl (C=O) groups is 2. The zero-order chi connectivity index (χ0) is 20.4. The van der Waals surface area contributed by atoms with Gasteiger partial charge in [0, 0.05) is 22.3 Å². The van der Waals surface area contributed by atoms with Crippen LogP contribution in [0.1, 0.15) is 10.4 Å². The number of benzene rings is 2. The number of nitrogens with one attached hydrogen (secondary N) is 1. The van der Waals surface area contributed by atoms with Gasteiger partial charge in [-0.1, -0.05) is 35.3 Å². The smallest absolute Gasteiger partial charge is 0.371 e. The Bertz CT molecular complexity index is 1060. The molecule has 0 atom stereocenters. The van der Waals surface area contributed by atoms with Gasteiger partial charge in [0.05, 0.1) is 5.02 Å². The zero-order valence-electron chi connectivity index (χ0n) is 13.2. The van der Waals surface area contributed by atoms with Crippen molar-refractivity contribution in [2.24, 2.45) is 0 Å². The highest BCUT2D eigenvalue weighted by molar-refractivity contribution is 7.92. The number of rotatable bonds is 6. The number of sulfonamides is 1. The van der Waals surface area contributed by atoms with E-state index in [2.05, 4.69) is 4.72 Å². The summed E-state index contributed by atoms with van der Waals surface area (Å²) in [6, 6.07) is 7.22. The number of carbonyl (C=O) groups excluding carboxylic acids is 1. The number of carboxylic acids is 1. The topological polar surface area (TPSA) is 141 Å². The van der Waals surface area contributed by atoms with E-state index in [1.807, 2.05) is 0 Å². The number of allylic oxidation sites excluding steroid dienone is 1. The van der Waals surface area contributed by atoms with Crippen molar-refractivity contribution < 1.29 is 33.3 Å². The Morgan fingerprint density at radius 3 is 2.37 bits per heavy atom. The van der Waals surface area contributed by atoms with Crippen LogP contribution in [0.4, 0.5) is 5.69 Å². The summed E-state index contributed by atoms with van der Waals surface area (Å²) < 4.78 is 27.1. The molecule has 0 unspecified atom stereocenters. The maximum Gasteiger partial charge on any atom is 0.371 e. The molecule has 0 aliphatic heterocycles. The van der Waals surface area contributed by atoms with Crippen molar-refractivity contribution in [3.05, 3.63) is 63.8 Å². The molecule has 8 nitrogen and oxygen atoms in total. The number of aliphatic hydroxyl groups is 1. The van der Waals surface area contributed by atoms with Crippen LogP contribution in [0.2, 0.25) is 10.0 Å². The van der Waals surface area contributed by atoms with Crippen molar-refractivity contribution in [1.29, 1.82) is 0 Å². The van der Waals surface area contributed by atoms with Crippen molar-refractivity contribution in [2.45, 2.75) is 4.90 Å². The van der Waals surface area contributed by atoms with Gasteiger partial charge < -0.3 is 15.3 Å². The predicted octanol–water partition coefficient (Wildman–Crippen LogP) is 3.21. The molecule has 2 aromatic carbocycles. The van der Waals surface area contributed by atoms with Crippen LogP contribution in [0.15, 0.2) is 53.1 Å². The van der Waals surface area contributed by atoms with Gasteiger partial charge in [-0.2, -0.15) is 0 Å². The Morgan fingerprint density at radius 1 is 1.07 bits per heavy atom. The molecule has 27 heavy (non-hydrogen) atoms. The van der Waals surface area contributed by atoms with Crippen LogP contribution < -0.4 is 4.72 Å². The van der Waals surface area contributed by atoms with E-state index in [1.54, 1.807) is 0 Å². The number of aromatic hydroxyl groups is 1. The number of halogens is 2. The molecule has 142 valence electrons. The Morgan fingerprint density at radius 2 is 1.74 bits per heavy atom. The maximum absolute atomic E-state index is 12.5. The number of carboxylic acid groups (broad SMARTS) is 1. The van der Waals surface area contributed by atoms with Crippen molar-refractivity contribution in [3.63, 3.8) is 0 Å². The van der Waals surface area contributed by atoms with Crippen molar-refractivity contribution in [3.8, 4) is 5.75 Å². The third-order valence-electron chi connectivity index (χ3n) is 3.17. The van der Waals surface area contributed by atoms with Crippen LogP contribution in [-0.4, -0.2) is 35.5 Å². The average molecular weight is 432 g/mol. The fourth-order valence-electron chi connectivity index (χ4n) is 1.96. The highest BCUT2D eigenvalue weighted by atomic mass is 35.5. The van der Waals surface area contributed by atoms with Crippen molar-refractivity contribution in [1.82, 2.24) is 0 Å². The van der Waals surface area contributed by atoms with Crippen molar-refractivity contribution >= 4 is 50.7 Å². The van der Waals surface area contributed by atoms with E-state index in [-0.39, 0.29) is 21.3 Å². The van der Waals surface area contributed by atoms with E-state index >= 15 is 0 Å². The number of hydrogen-bond donors (Lipinski definition) is 4. The number of ketones is 1. The van der Waals surface area contributed by atoms with Crippen LogP contribution in [-0.2, 0) is 14.8 Å². The second-order valence-corrected chi connectivity index (χ2v) is 7.61. The molecule has 0 saturated carbocycles. The minimum absolute atomic E-state index is 0.0172. The van der Waals surface area contributed by atoms with E-state index < -0.39 is 38.2 Å². The van der Waals surface area contributed by atoms with Gasteiger partial charge in [-0.15, -0.1) is 0 Å². The van der Waals surface area contributed by atoms with Gasteiger partial charge >= 0.3 is 5.97 Å². The van der Waals surface area contributed by atoms with Crippen LogP contribution >= 0.6 is 23.2 Å². The molecular weight excluding hydrogens is 421 g/mol. The molecular formula is C16H11Cl2NO7S. The third-order valence-corrected chi connectivity index (χ3v) is 5.07. The van der Waals surface area contributed by atoms with E-state index in [1.165, 1.54) is 18.2 Å². The van der Waals surface area contributed by atoms with E-state index in [9.17, 15) is 23.1 Å². The van der Waals surface area contributed by atoms with Gasteiger partial charge in [0.2, 0.25) is 5.76 Å². The van der Waals surface area contributed by atoms with Gasteiger partial charge in [-0.3, -0.25) is 9.52 Å². The summed E-state index contributed by atoms with van der Waals surface area (Å²) in [7, 11) is -4.31. The maximum atomic E-state index is 12.5. The average Bonchev–Trinajstić information content (AvgIpc) is 2.57. The predicted molar refractivity (Wildman–Crippen MR) is 98.1 cm³/mol. The summed E-state index contributed by atoms with van der Waals surface area (Å²) in [4.78, 5) is 21.9. The Kier molecular flexibility index (Phi) is 5.99. The molecule has 0 aromatic heterocycles. The standard InChI is InChI=1S/C16H11Cl2NO7S/c17-9-5-11(18)15(22)14(6-9)27(25,26)19-10-3-1-2-8(4-10)12(20)7-13(21)16(23)24/h1-7,19,21-22H,(H,23,24). The molecule has 0 aliphatic carbocycles. The molecule has 0 bridgehead atoms. The van der Waals surface area contributed by atoms with Gasteiger partial charge in [-0.05, 0) is 24.3 Å². The Hall–Kier alpha value is -2.75. The molecule has 2 rings (SSSR count). The lowest BCUT2D eigenvalue weighted by molar-refractivity contribution is -0.135. The fraction of sp³-hybridized carbons (Fsp3) is 0. The molecule has 0 radical (unpaired) electrons. The first-order chi connectivity index (χ1) is 12.5. The highest BCUT2D eigenvalue weighted by Gasteiger charge is 2.22. The summed E-state index contributed by atoms with van der Waals surface area (Å²) in [6.45, 7) is 0. The molecule has 0 heterocycles. The SMILES string of the molecule is O=C(O)C(O)=CC(=O)c1cccc(NS(=O)(=O)c2cc(Cl)cc(Cl)c2O)c1. The molecule has 4 N–H and O–H groups in total. The summed E-state index contributed by atoms with van der Waals surface area (Å²) in [5, 5.41) is 27.3. The second kappa shape index (κ2) is 7.87. The van der Waals surface area contributed by atoms with Gasteiger partial charge in [0.15, 0.2) is 11.5 Å². The first-order valence-corrected chi connectivity index (χ1v) is 9.24. The lowest BCUT2D eigenvalue weighted by Crippen LogP contribution is -2.14. The summed E-state index contributed by atoms with van der Waals surface area (Å²) >= 11 is 11.5. The molecule has 11 heteroatoms. The monoisotopic (exact) mass is 431 g/mol. The number of hydrogen-bond acceptors (Lipinski definition) is 6. The molecule has 0 fully saturated rings. The van der Waals surface area contributed by atoms with Crippen LogP contribution in [0.25, 0.3) is 0 Å². The Labute approximate surface area is 163 Å². The van der Waals surface area contributed by atoms with E-state index in [0.717, 1.165) is 18.2 Å². The second-order valence-electron chi connectivity index (χ2n) is 5.12. The lowest BCUT2D eigenvalue weighted by atomic mass is 10.1. The quantitative estimate of drug-likeness (QED) is 0.312. The highest BCUT2D eigenvalue weighted by Crippen LogP contribution is 2.35. The first-order valence-electron chi connectivity index (χ1n) is 7.00. The molecule has 0 amide bonds. The first kappa shape index (κ1) is 20.6. The molecule has 0 aliphatic rings. The van der Waals surface area contributed by atoms with E-state index in [0.29, 0.717) is 6.08 Å². The van der Waals surface area contributed by atoms with Crippen LogP contribution in [0, 0.1) is 0 Å². The number of aliphatic carboxylic acids is 1. The van der Waals surface area contributed by atoms with Crippen LogP contribution in [0.5, 0.6) is 5.75 Å². The number of anilines is 1. The molecule has 2 aromatic rings. The van der Waals surface area contributed by atoms with Gasteiger partial charge in [0.25, 0.3) is 10.0 Å². The fourth-order valence-corrected chi connectivity index (χ4v) is 3.77. The number of phenols is 1. The van der Waals surface area contributed by atoms with Crippen molar-refractivity contribution in [2.75, 3.05) is 4.72 Å². The summed E-state index contributed by atoms with van der Waals surface area (Å²) in [6.07, 6.45) is 0.485. The zero-order valence-corrected chi connectivity index (χ0v) is 15.5. The molecule has 0 spiro atoms. The summed E-state index contributed by atoms with van der Waals surface area (Å²) in [5.41, 5.74) is -0.143. The van der Waals surface area contributed by atoms with E-state index in [4.69, 9.17) is 33.4 Å². The minimum Gasteiger partial charge on any atom is -0.505 e. The van der Waals surface area contributed by atoms with Gasteiger partial charge in [0.1, 0.15) is 4.90 Å². The van der Waals surface area contributed by atoms with Crippen LogP contribution in [0.3, 0.4) is 0 Å². The Balaban J connectivity index is 2.37. The largest absolute Gasteiger partial charge is 0.505 e. The number of phenolic OH excluding ortho intramolecular Hbond substituents is 1. The lowest BCUT2D eigenvalue weighted by Gasteiger charge is -2.11. The number of aliphatic hydroxyl groups excluding tert-OH is 1. The molecule has 0 saturated heterocycles. The van der Waals surface area contributed by atoms with Gasteiger partial charge in [-0.25, -0.2) is 13.2 Å². The minimum atomic E-state index is -4.31. The summed E-state index contributed by atoms with van der Waals surface area (Å²) in [5.74, 6) is -4.40. The normalized spacial score (nSPS) is 11.9. The third kappa shape index (κ3) is 4.91.